The van der Waals surface area contributed by atoms with Crippen LogP contribution in [0, 0.1) is 0 Å². The summed E-state index contributed by atoms with van der Waals surface area (Å²) < 4.78 is 49.7. The van der Waals surface area contributed by atoms with E-state index in [2.05, 4.69) is 10.1 Å². The lowest BCUT2D eigenvalue weighted by Crippen LogP contribution is -2.28. The average molecular weight is 303 g/mol. The molecule has 114 valence electrons. The van der Waals surface area contributed by atoms with Crippen molar-refractivity contribution in [3.8, 4) is 5.75 Å². The smallest absolute Gasteiger partial charge is 0.494 e. The molecule has 0 saturated carbocycles. The normalized spacial score (nSPS) is 14.5. The molecule has 0 aromatic heterocycles. The van der Waals surface area contributed by atoms with E-state index in [1.54, 1.807) is 0 Å². The van der Waals surface area contributed by atoms with Gasteiger partial charge in [0, 0.05) is 6.54 Å². The Hall–Kier alpha value is -2.38. The maximum Gasteiger partial charge on any atom is 0.573 e. The van der Waals surface area contributed by atoms with Crippen LogP contribution in [-0.4, -0.2) is 25.5 Å². The summed E-state index contributed by atoms with van der Waals surface area (Å²) >= 11 is 0. The zero-order chi connectivity index (χ0) is 15.3. The van der Waals surface area contributed by atoms with Crippen molar-refractivity contribution in [2.45, 2.75) is 12.9 Å². The number of carbonyl (C=O) groups is 1. The number of rotatable bonds is 4. The third kappa shape index (κ3) is 4.90. The van der Waals surface area contributed by atoms with Crippen LogP contribution in [0.15, 0.2) is 36.3 Å². The second-order valence-electron chi connectivity index (χ2n) is 4.08. The van der Waals surface area contributed by atoms with Gasteiger partial charge in [-0.3, -0.25) is 4.79 Å². The topological polar surface area (TPSA) is 56.8 Å². The van der Waals surface area contributed by atoms with Crippen LogP contribution in [0.3, 0.4) is 0 Å². The molecular weight excluding hydrogens is 291 g/mol. The first kappa shape index (κ1) is 15.0. The summed E-state index contributed by atoms with van der Waals surface area (Å²) in [4.78, 5) is 11.7. The molecule has 0 aliphatic carbocycles. The van der Waals surface area contributed by atoms with Crippen LogP contribution in [0.25, 0.3) is 0 Å². The summed E-state index contributed by atoms with van der Waals surface area (Å²) in [7, 11) is 0. The summed E-state index contributed by atoms with van der Waals surface area (Å²) in [6.45, 7) is 0.825. The standard InChI is InChI=1S/C13H12F3NO4/c14-13(15,16)21-10-3-1-9(2-4-10)7-17-12(18)11-8-19-5-6-20-11/h1-4,8H,5-7H2,(H,17,18). The predicted octanol–water partition coefficient (Wildman–Crippen LogP) is 2.09. The molecule has 0 bridgehead atoms. The molecule has 5 nitrogen and oxygen atoms in total. The summed E-state index contributed by atoms with van der Waals surface area (Å²) in [5.74, 6) is -0.701. The first-order chi connectivity index (χ1) is 9.94. The van der Waals surface area contributed by atoms with Gasteiger partial charge in [0.15, 0.2) is 0 Å². The number of carbonyl (C=O) groups excluding carboxylic acids is 1. The second kappa shape index (κ2) is 6.38. The van der Waals surface area contributed by atoms with E-state index in [-0.39, 0.29) is 18.1 Å². The third-order valence-electron chi connectivity index (χ3n) is 2.48. The zero-order valence-electron chi connectivity index (χ0n) is 10.8. The molecule has 0 atom stereocenters. The van der Waals surface area contributed by atoms with Gasteiger partial charge in [0.25, 0.3) is 5.91 Å². The maximum absolute atomic E-state index is 12.0. The highest BCUT2D eigenvalue weighted by molar-refractivity contribution is 5.91. The minimum atomic E-state index is -4.72. The number of hydrogen-bond acceptors (Lipinski definition) is 4. The van der Waals surface area contributed by atoms with Crippen LogP contribution in [0.4, 0.5) is 13.2 Å². The molecule has 8 heteroatoms. The van der Waals surface area contributed by atoms with E-state index in [4.69, 9.17) is 9.47 Å². The van der Waals surface area contributed by atoms with Crippen molar-refractivity contribution in [2.24, 2.45) is 0 Å². The predicted molar refractivity (Wildman–Crippen MR) is 65.0 cm³/mol. The monoisotopic (exact) mass is 303 g/mol. The van der Waals surface area contributed by atoms with Gasteiger partial charge in [-0.25, -0.2) is 0 Å². The molecule has 0 spiro atoms. The van der Waals surface area contributed by atoms with Gasteiger partial charge in [-0.2, -0.15) is 0 Å². The Bertz CT molecular complexity index is 525. The highest BCUT2D eigenvalue weighted by Gasteiger charge is 2.30. The van der Waals surface area contributed by atoms with Crippen LogP contribution < -0.4 is 10.1 Å². The Kier molecular flexibility index (Phi) is 4.56. The molecule has 0 saturated heterocycles. The SMILES string of the molecule is O=C(NCc1ccc(OC(F)(F)F)cc1)C1=COCCO1. The molecule has 0 fully saturated rings. The lowest BCUT2D eigenvalue weighted by atomic mass is 10.2. The number of nitrogens with one attached hydrogen (secondary N) is 1. The van der Waals surface area contributed by atoms with E-state index < -0.39 is 12.3 Å². The van der Waals surface area contributed by atoms with Crippen LogP contribution >= 0.6 is 0 Å². The number of benzene rings is 1. The van der Waals surface area contributed by atoms with Crippen molar-refractivity contribution in [1.29, 1.82) is 0 Å². The van der Waals surface area contributed by atoms with Gasteiger partial charge in [-0.05, 0) is 17.7 Å². The van der Waals surface area contributed by atoms with E-state index >= 15 is 0 Å². The molecule has 1 heterocycles. The van der Waals surface area contributed by atoms with E-state index in [1.807, 2.05) is 0 Å². The quantitative estimate of drug-likeness (QED) is 0.925. The van der Waals surface area contributed by atoms with Gasteiger partial charge in [0.1, 0.15) is 25.2 Å². The van der Waals surface area contributed by atoms with Crippen LogP contribution in [-0.2, 0) is 20.8 Å². The molecule has 1 N–H and O–H groups in total. The average Bonchev–Trinajstić information content (AvgIpc) is 2.45. The Morgan fingerprint density at radius 1 is 1.24 bits per heavy atom. The first-order valence-corrected chi connectivity index (χ1v) is 6.01. The third-order valence-corrected chi connectivity index (χ3v) is 2.48. The van der Waals surface area contributed by atoms with Gasteiger partial charge in [0.05, 0.1) is 0 Å². The fourth-order valence-corrected chi connectivity index (χ4v) is 1.57. The minimum absolute atomic E-state index is 0.0678. The summed E-state index contributed by atoms with van der Waals surface area (Å²) in [5.41, 5.74) is 0.621. The van der Waals surface area contributed by atoms with E-state index in [1.165, 1.54) is 30.5 Å². The second-order valence-corrected chi connectivity index (χ2v) is 4.08. The van der Waals surface area contributed by atoms with Crippen molar-refractivity contribution < 1.29 is 32.2 Å². The fourth-order valence-electron chi connectivity index (χ4n) is 1.57. The van der Waals surface area contributed by atoms with Crippen molar-refractivity contribution >= 4 is 5.91 Å². The Labute approximate surface area is 118 Å². The summed E-state index contributed by atoms with van der Waals surface area (Å²) in [6, 6.07) is 5.20. The Balaban J connectivity index is 1.86. The van der Waals surface area contributed by atoms with E-state index in [0.717, 1.165) is 0 Å². The summed E-state index contributed by atoms with van der Waals surface area (Å²) in [5, 5.41) is 2.56. The number of alkyl halides is 3. The van der Waals surface area contributed by atoms with Gasteiger partial charge in [-0.1, -0.05) is 12.1 Å². The lowest BCUT2D eigenvalue weighted by Gasteiger charge is -2.15. The molecule has 1 aliphatic heterocycles. The van der Waals surface area contributed by atoms with Gasteiger partial charge in [0.2, 0.25) is 5.76 Å². The van der Waals surface area contributed by atoms with E-state index in [0.29, 0.717) is 18.8 Å². The number of amides is 1. The molecular formula is C13H12F3NO4. The lowest BCUT2D eigenvalue weighted by molar-refractivity contribution is -0.274. The first-order valence-electron chi connectivity index (χ1n) is 6.01. The Morgan fingerprint density at radius 3 is 2.52 bits per heavy atom. The Morgan fingerprint density at radius 2 is 1.95 bits per heavy atom. The number of ether oxygens (including phenoxy) is 3. The molecule has 1 aliphatic rings. The number of hydrogen-bond donors (Lipinski definition) is 1. The highest BCUT2D eigenvalue weighted by atomic mass is 19.4. The molecule has 0 radical (unpaired) electrons. The van der Waals surface area contributed by atoms with Crippen molar-refractivity contribution in [1.82, 2.24) is 5.32 Å². The van der Waals surface area contributed by atoms with E-state index in [9.17, 15) is 18.0 Å². The molecule has 1 amide bonds. The maximum atomic E-state index is 12.0. The minimum Gasteiger partial charge on any atom is -0.494 e. The van der Waals surface area contributed by atoms with Crippen LogP contribution in [0.1, 0.15) is 5.56 Å². The van der Waals surface area contributed by atoms with Crippen molar-refractivity contribution in [3.05, 3.63) is 41.9 Å². The van der Waals surface area contributed by atoms with Crippen molar-refractivity contribution in [3.63, 3.8) is 0 Å². The molecule has 2 rings (SSSR count). The zero-order valence-corrected chi connectivity index (χ0v) is 10.8. The molecule has 0 unspecified atom stereocenters. The van der Waals surface area contributed by atoms with Crippen LogP contribution in [0.5, 0.6) is 5.75 Å². The van der Waals surface area contributed by atoms with Gasteiger partial charge < -0.3 is 19.5 Å². The fraction of sp³-hybridized carbons (Fsp3) is 0.308. The molecule has 21 heavy (non-hydrogen) atoms. The highest BCUT2D eigenvalue weighted by Crippen LogP contribution is 2.22. The largest absolute Gasteiger partial charge is 0.573 e. The molecule has 1 aromatic carbocycles. The number of halogens is 3. The molecule has 1 aromatic rings. The summed E-state index contributed by atoms with van der Waals surface area (Å²) in [6.07, 6.45) is -3.50. The van der Waals surface area contributed by atoms with Gasteiger partial charge in [-0.15, -0.1) is 13.2 Å². The van der Waals surface area contributed by atoms with Gasteiger partial charge >= 0.3 is 6.36 Å². The van der Waals surface area contributed by atoms with Crippen molar-refractivity contribution in [2.75, 3.05) is 13.2 Å². The van der Waals surface area contributed by atoms with Crippen LogP contribution in [0.2, 0.25) is 0 Å².